The van der Waals surface area contributed by atoms with E-state index < -0.39 is 0 Å². The van der Waals surface area contributed by atoms with Gasteiger partial charge < -0.3 is 4.74 Å². The van der Waals surface area contributed by atoms with Gasteiger partial charge in [-0.1, -0.05) is 18.2 Å². The van der Waals surface area contributed by atoms with Crippen LogP contribution in [-0.2, 0) is 11.2 Å². The molecule has 1 aromatic heterocycles. The number of epoxide rings is 1. The molecule has 0 radical (unpaired) electrons. The number of fused-ring (bicyclic) bond motifs is 1. The Morgan fingerprint density at radius 2 is 2.31 bits per heavy atom. The van der Waals surface area contributed by atoms with E-state index in [1.165, 1.54) is 15.6 Å². The summed E-state index contributed by atoms with van der Waals surface area (Å²) in [6, 6.07) is 8.69. The van der Waals surface area contributed by atoms with Crippen molar-refractivity contribution in [2.24, 2.45) is 0 Å². The second kappa shape index (κ2) is 2.82. The van der Waals surface area contributed by atoms with Gasteiger partial charge in [-0.2, -0.15) is 0 Å². The average molecular weight is 190 g/mol. The van der Waals surface area contributed by atoms with Gasteiger partial charge in [0.25, 0.3) is 0 Å². The van der Waals surface area contributed by atoms with Crippen LogP contribution in [0.4, 0.5) is 0 Å². The normalized spacial score (nSPS) is 20.8. The highest BCUT2D eigenvalue weighted by Gasteiger charge is 2.23. The molecule has 0 N–H and O–H groups in total. The van der Waals surface area contributed by atoms with Gasteiger partial charge >= 0.3 is 0 Å². The van der Waals surface area contributed by atoms with Crippen LogP contribution in [0.5, 0.6) is 0 Å². The molecule has 1 aliphatic heterocycles. The molecule has 0 aliphatic carbocycles. The fourth-order valence-electron chi connectivity index (χ4n) is 1.65. The second-order valence-electron chi connectivity index (χ2n) is 3.42. The number of rotatable bonds is 2. The summed E-state index contributed by atoms with van der Waals surface area (Å²) in [5, 5.41) is 3.52. The van der Waals surface area contributed by atoms with Crippen molar-refractivity contribution in [3.8, 4) is 0 Å². The van der Waals surface area contributed by atoms with Crippen molar-refractivity contribution in [1.82, 2.24) is 0 Å². The van der Waals surface area contributed by atoms with Crippen molar-refractivity contribution in [2.75, 3.05) is 6.61 Å². The zero-order valence-electron chi connectivity index (χ0n) is 7.19. The first-order chi connectivity index (χ1) is 6.43. The Morgan fingerprint density at radius 3 is 3.15 bits per heavy atom. The molecule has 66 valence electrons. The van der Waals surface area contributed by atoms with Crippen molar-refractivity contribution in [1.29, 1.82) is 0 Å². The summed E-state index contributed by atoms with van der Waals surface area (Å²) in [5.41, 5.74) is 1.44. The molecule has 1 unspecified atom stereocenters. The van der Waals surface area contributed by atoms with Crippen molar-refractivity contribution in [2.45, 2.75) is 12.5 Å². The summed E-state index contributed by atoms with van der Waals surface area (Å²) in [6.45, 7) is 0.946. The summed E-state index contributed by atoms with van der Waals surface area (Å²) >= 11 is 1.83. The molecule has 1 aliphatic rings. The number of hydrogen-bond donors (Lipinski definition) is 0. The average Bonchev–Trinajstić information content (AvgIpc) is 2.83. The fourth-order valence-corrected chi connectivity index (χ4v) is 2.57. The predicted octanol–water partition coefficient (Wildman–Crippen LogP) is 2.84. The third-order valence-electron chi connectivity index (χ3n) is 2.41. The molecule has 0 bridgehead atoms. The van der Waals surface area contributed by atoms with E-state index in [1.807, 2.05) is 11.3 Å². The van der Waals surface area contributed by atoms with Crippen LogP contribution >= 0.6 is 11.3 Å². The van der Waals surface area contributed by atoms with Gasteiger partial charge in [-0.3, -0.25) is 0 Å². The van der Waals surface area contributed by atoms with E-state index in [1.54, 1.807) is 0 Å². The molecular formula is C11H10OS. The van der Waals surface area contributed by atoms with Gasteiger partial charge in [0.1, 0.15) is 0 Å². The monoisotopic (exact) mass is 190 g/mol. The molecule has 0 amide bonds. The lowest BCUT2D eigenvalue weighted by atomic mass is 10.1. The summed E-state index contributed by atoms with van der Waals surface area (Å²) in [5.74, 6) is 0. The molecule has 2 heterocycles. The van der Waals surface area contributed by atoms with Crippen molar-refractivity contribution >= 4 is 21.4 Å². The summed E-state index contributed by atoms with van der Waals surface area (Å²) < 4.78 is 6.67. The molecule has 2 aromatic rings. The summed E-state index contributed by atoms with van der Waals surface area (Å²) in [4.78, 5) is 0. The molecule has 1 nitrogen and oxygen atoms in total. The number of thiophene rings is 1. The SMILES string of the molecule is c1cc(CC2CO2)c2sccc2c1. The minimum atomic E-state index is 0.493. The van der Waals surface area contributed by atoms with E-state index in [2.05, 4.69) is 29.6 Å². The summed E-state index contributed by atoms with van der Waals surface area (Å²) in [7, 11) is 0. The maximum Gasteiger partial charge on any atom is 0.0850 e. The minimum absolute atomic E-state index is 0.493. The molecule has 3 rings (SSSR count). The Kier molecular flexibility index (Phi) is 1.64. The Balaban J connectivity index is 2.09. The predicted molar refractivity (Wildman–Crippen MR) is 55.3 cm³/mol. The standard InChI is InChI=1S/C11H10OS/c1-2-8-4-5-13-11(8)9(3-1)6-10-7-12-10/h1-5,10H,6-7H2. The van der Waals surface area contributed by atoms with Crippen molar-refractivity contribution < 1.29 is 4.74 Å². The van der Waals surface area contributed by atoms with Crippen LogP contribution < -0.4 is 0 Å². The van der Waals surface area contributed by atoms with Crippen LogP contribution in [0.1, 0.15) is 5.56 Å². The zero-order chi connectivity index (χ0) is 8.67. The van der Waals surface area contributed by atoms with Crippen LogP contribution in [0, 0.1) is 0 Å². The number of benzene rings is 1. The largest absolute Gasteiger partial charge is 0.373 e. The van der Waals surface area contributed by atoms with Crippen LogP contribution in [-0.4, -0.2) is 12.7 Å². The Hall–Kier alpha value is -0.860. The maximum absolute atomic E-state index is 5.24. The Morgan fingerprint density at radius 1 is 1.38 bits per heavy atom. The quantitative estimate of drug-likeness (QED) is 0.663. The third kappa shape index (κ3) is 1.36. The van der Waals surface area contributed by atoms with E-state index in [0.29, 0.717) is 6.10 Å². The molecule has 2 heteroatoms. The van der Waals surface area contributed by atoms with Crippen LogP contribution in [0.15, 0.2) is 29.6 Å². The molecule has 1 saturated heterocycles. The Bertz CT molecular complexity index is 428. The van der Waals surface area contributed by atoms with E-state index in [9.17, 15) is 0 Å². The van der Waals surface area contributed by atoms with Crippen LogP contribution in [0.3, 0.4) is 0 Å². The van der Waals surface area contributed by atoms with Crippen molar-refractivity contribution in [3.05, 3.63) is 35.2 Å². The molecule has 1 atom stereocenters. The van der Waals surface area contributed by atoms with Gasteiger partial charge in [0.05, 0.1) is 12.7 Å². The molecule has 0 spiro atoms. The van der Waals surface area contributed by atoms with Gasteiger partial charge in [-0.05, 0) is 22.4 Å². The second-order valence-corrected chi connectivity index (χ2v) is 4.33. The molecule has 0 saturated carbocycles. The molecular weight excluding hydrogens is 180 g/mol. The fraction of sp³-hybridized carbons (Fsp3) is 0.273. The Labute approximate surface area is 81.0 Å². The summed E-state index contributed by atoms with van der Waals surface area (Å²) in [6.07, 6.45) is 1.57. The van der Waals surface area contributed by atoms with Gasteiger partial charge in [-0.25, -0.2) is 0 Å². The molecule has 1 aromatic carbocycles. The number of ether oxygens (including phenoxy) is 1. The van der Waals surface area contributed by atoms with Crippen LogP contribution in [0.25, 0.3) is 10.1 Å². The molecule has 1 fully saturated rings. The number of hydrogen-bond acceptors (Lipinski definition) is 2. The van der Waals surface area contributed by atoms with Crippen LogP contribution in [0.2, 0.25) is 0 Å². The highest BCUT2D eigenvalue weighted by molar-refractivity contribution is 7.17. The highest BCUT2D eigenvalue weighted by atomic mass is 32.1. The zero-order valence-corrected chi connectivity index (χ0v) is 8.01. The van der Waals surface area contributed by atoms with Gasteiger partial charge in [0.2, 0.25) is 0 Å². The van der Waals surface area contributed by atoms with E-state index in [-0.39, 0.29) is 0 Å². The van der Waals surface area contributed by atoms with Crippen molar-refractivity contribution in [3.63, 3.8) is 0 Å². The van der Waals surface area contributed by atoms with E-state index >= 15 is 0 Å². The maximum atomic E-state index is 5.24. The lowest BCUT2D eigenvalue weighted by Crippen LogP contribution is -1.92. The van der Waals surface area contributed by atoms with Gasteiger partial charge in [-0.15, -0.1) is 11.3 Å². The highest BCUT2D eigenvalue weighted by Crippen LogP contribution is 2.27. The molecule has 13 heavy (non-hydrogen) atoms. The lowest BCUT2D eigenvalue weighted by Gasteiger charge is -1.99. The van der Waals surface area contributed by atoms with Gasteiger partial charge in [0, 0.05) is 11.1 Å². The first-order valence-electron chi connectivity index (χ1n) is 4.50. The van der Waals surface area contributed by atoms with E-state index in [4.69, 9.17) is 4.74 Å². The third-order valence-corrected chi connectivity index (χ3v) is 3.42. The first kappa shape index (κ1) is 7.54. The minimum Gasteiger partial charge on any atom is -0.373 e. The van der Waals surface area contributed by atoms with Gasteiger partial charge in [0.15, 0.2) is 0 Å². The lowest BCUT2D eigenvalue weighted by molar-refractivity contribution is 0.408. The van der Waals surface area contributed by atoms with E-state index in [0.717, 1.165) is 13.0 Å². The smallest absolute Gasteiger partial charge is 0.0850 e. The first-order valence-corrected chi connectivity index (χ1v) is 5.38. The topological polar surface area (TPSA) is 12.5 Å².